The van der Waals surface area contributed by atoms with Gasteiger partial charge in [0.2, 0.25) is 0 Å². The molecular formula is C9H6F3N. The first-order valence-corrected chi connectivity index (χ1v) is 3.50. The standard InChI is InChI=1S/C9H6F3N/c1-6-3-4-8(13-2)7(5-6)9(10,11)12/h3-5H,1H3. The number of nitrogens with zero attached hydrogens (tertiary/aromatic N) is 1. The first kappa shape index (κ1) is 9.59. The molecule has 0 aliphatic heterocycles. The predicted octanol–water partition coefficient (Wildman–Crippen LogP) is 3.56. The smallest absolute Gasteiger partial charge is 0.238 e. The summed E-state index contributed by atoms with van der Waals surface area (Å²) in [6.07, 6.45) is -4.44. The largest absolute Gasteiger partial charge is 0.407 e. The molecule has 13 heavy (non-hydrogen) atoms. The van der Waals surface area contributed by atoms with Gasteiger partial charge in [0.05, 0.1) is 12.1 Å². The minimum absolute atomic E-state index is 0.349. The Kier molecular flexibility index (Phi) is 2.28. The second-order valence-electron chi connectivity index (χ2n) is 2.63. The Morgan fingerprint density at radius 1 is 1.31 bits per heavy atom. The van der Waals surface area contributed by atoms with Gasteiger partial charge in [-0.25, -0.2) is 4.85 Å². The van der Waals surface area contributed by atoms with Crippen LogP contribution in [0.15, 0.2) is 18.2 Å². The average Bonchev–Trinajstić information content (AvgIpc) is 2.03. The van der Waals surface area contributed by atoms with E-state index < -0.39 is 11.7 Å². The van der Waals surface area contributed by atoms with E-state index in [1.807, 2.05) is 0 Å². The average molecular weight is 185 g/mol. The van der Waals surface area contributed by atoms with Gasteiger partial charge >= 0.3 is 6.18 Å². The number of halogens is 3. The van der Waals surface area contributed by atoms with Crippen molar-refractivity contribution in [2.24, 2.45) is 0 Å². The van der Waals surface area contributed by atoms with Crippen LogP contribution in [0, 0.1) is 13.5 Å². The summed E-state index contributed by atoms with van der Waals surface area (Å²) in [5.41, 5.74) is -0.708. The van der Waals surface area contributed by atoms with E-state index in [0.29, 0.717) is 5.56 Å². The highest BCUT2D eigenvalue weighted by Crippen LogP contribution is 2.36. The fourth-order valence-electron chi connectivity index (χ4n) is 0.974. The van der Waals surface area contributed by atoms with Crippen LogP contribution in [0.2, 0.25) is 0 Å². The highest BCUT2D eigenvalue weighted by Gasteiger charge is 2.33. The lowest BCUT2D eigenvalue weighted by Gasteiger charge is -2.08. The second kappa shape index (κ2) is 3.09. The van der Waals surface area contributed by atoms with Gasteiger partial charge in [0, 0.05) is 0 Å². The van der Waals surface area contributed by atoms with Crippen LogP contribution in [-0.2, 0) is 6.18 Å². The molecule has 0 bridgehead atoms. The van der Waals surface area contributed by atoms with Crippen LogP contribution >= 0.6 is 0 Å². The minimum atomic E-state index is -4.44. The van der Waals surface area contributed by atoms with Crippen LogP contribution in [0.1, 0.15) is 11.1 Å². The Labute approximate surface area is 73.6 Å². The monoisotopic (exact) mass is 185 g/mol. The van der Waals surface area contributed by atoms with E-state index in [9.17, 15) is 13.2 Å². The number of hydrogen-bond donors (Lipinski definition) is 0. The molecule has 1 aromatic rings. The first-order chi connectivity index (χ1) is 5.95. The van der Waals surface area contributed by atoms with Crippen molar-refractivity contribution in [3.8, 4) is 0 Å². The van der Waals surface area contributed by atoms with Crippen LogP contribution in [0.5, 0.6) is 0 Å². The van der Waals surface area contributed by atoms with E-state index in [-0.39, 0.29) is 5.69 Å². The van der Waals surface area contributed by atoms with Crippen LogP contribution in [-0.4, -0.2) is 0 Å². The zero-order valence-corrected chi connectivity index (χ0v) is 6.81. The highest BCUT2D eigenvalue weighted by atomic mass is 19.4. The third-order valence-electron chi connectivity index (χ3n) is 1.58. The Bertz CT molecular complexity index is 360. The summed E-state index contributed by atoms with van der Waals surface area (Å²) in [5.74, 6) is 0. The summed E-state index contributed by atoms with van der Waals surface area (Å²) < 4.78 is 36.8. The number of rotatable bonds is 0. The van der Waals surface area contributed by atoms with E-state index in [1.54, 1.807) is 6.92 Å². The molecule has 0 spiro atoms. The molecule has 0 fully saturated rings. The minimum Gasteiger partial charge on any atom is -0.238 e. The third-order valence-corrected chi connectivity index (χ3v) is 1.58. The van der Waals surface area contributed by atoms with Crippen molar-refractivity contribution in [1.82, 2.24) is 0 Å². The normalized spacial score (nSPS) is 11.0. The van der Waals surface area contributed by atoms with Crippen molar-refractivity contribution >= 4 is 5.69 Å². The van der Waals surface area contributed by atoms with Crippen molar-refractivity contribution in [3.63, 3.8) is 0 Å². The van der Waals surface area contributed by atoms with Gasteiger partial charge in [-0.15, -0.1) is 0 Å². The Morgan fingerprint density at radius 2 is 1.92 bits per heavy atom. The molecule has 0 saturated carbocycles. The number of aryl methyl sites for hydroxylation is 1. The van der Waals surface area contributed by atoms with Crippen molar-refractivity contribution < 1.29 is 13.2 Å². The molecule has 0 saturated heterocycles. The van der Waals surface area contributed by atoms with Gasteiger partial charge < -0.3 is 0 Å². The zero-order valence-electron chi connectivity index (χ0n) is 6.81. The lowest BCUT2D eigenvalue weighted by molar-refractivity contribution is -0.136. The maximum absolute atomic E-state index is 12.3. The molecule has 1 rings (SSSR count). The molecule has 0 heterocycles. The van der Waals surface area contributed by atoms with Crippen molar-refractivity contribution in [2.45, 2.75) is 13.1 Å². The lowest BCUT2D eigenvalue weighted by Crippen LogP contribution is -2.05. The van der Waals surface area contributed by atoms with Crippen LogP contribution < -0.4 is 0 Å². The van der Waals surface area contributed by atoms with E-state index in [4.69, 9.17) is 6.57 Å². The molecule has 4 heteroatoms. The summed E-state index contributed by atoms with van der Waals surface area (Å²) in [6, 6.07) is 3.65. The predicted molar refractivity (Wildman–Crippen MR) is 42.4 cm³/mol. The molecule has 0 radical (unpaired) electrons. The molecule has 0 aliphatic rings. The molecular weight excluding hydrogens is 179 g/mol. The topological polar surface area (TPSA) is 4.36 Å². The van der Waals surface area contributed by atoms with E-state index in [0.717, 1.165) is 6.07 Å². The number of hydrogen-bond acceptors (Lipinski definition) is 0. The Balaban J connectivity index is 3.35. The Hall–Kier alpha value is -1.50. The zero-order chi connectivity index (χ0) is 10.1. The summed E-state index contributed by atoms with van der Waals surface area (Å²) >= 11 is 0. The van der Waals surface area contributed by atoms with Gasteiger partial charge in [0.1, 0.15) is 0 Å². The molecule has 0 unspecified atom stereocenters. The molecule has 0 N–H and O–H groups in total. The van der Waals surface area contributed by atoms with Gasteiger partial charge in [-0.05, 0) is 6.92 Å². The summed E-state index contributed by atoms with van der Waals surface area (Å²) in [5, 5.41) is 0. The second-order valence-corrected chi connectivity index (χ2v) is 2.63. The summed E-state index contributed by atoms with van der Waals surface area (Å²) in [7, 11) is 0. The van der Waals surface area contributed by atoms with Crippen LogP contribution in [0.3, 0.4) is 0 Å². The van der Waals surface area contributed by atoms with Crippen molar-refractivity contribution in [1.29, 1.82) is 0 Å². The van der Waals surface area contributed by atoms with E-state index in [2.05, 4.69) is 4.85 Å². The SMILES string of the molecule is [C-]#[N+]c1ccc(C)cc1C(F)(F)F. The molecule has 0 aliphatic carbocycles. The maximum atomic E-state index is 12.3. The first-order valence-electron chi connectivity index (χ1n) is 3.50. The number of alkyl halides is 3. The Morgan fingerprint density at radius 3 is 2.38 bits per heavy atom. The van der Waals surface area contributed by atoms with E-state index in [1.165, 1.54) is 12.1 Å². The maximum Gasteiger partial charge on any atom is 0.407 e. The van der Waals surface area contributed by atoms with Gasteiger partial charge in [-0.2, -0.15) is 13.2 Å². The third kappa shape index (κ3) is 2.00. The molecule has 0 amide bonds. The van der Waals surface area contributed by atoms with Gasteiger partial charge in [-0.1, -0.05) is 23.8 Å². The molecule has 1 aromatic carbocycles. The van der Waals surface area contributed by atoms with Crippen LogP contribution in [0.25, 0.3) is 4.85 Å². The van der Waals surface area contributed by atoms with Crippen molar-refractivity contribution in [3.05, 3.63) is 40.7 Å². The quantitative estimate of drug-likeness (QED) is 0.544. The summed E-state index contributed by atoms with van der Waals surface area (Å²) in [6.45, 7) is 8.12. The van der Waals surface area contributed by atoms with Gasteiger partial charge in [0.15, 0.2) is 5.69 Å². The summed E-state index contributed by atoms with van der Waals surface area (Å²) in [4.78, 5) is 2.81. The van der Waals surface area contributed by atoms with Crippen molar-refractivity contribution in [2.75, 3.05) is 0 Å². The highest BCUT2D eigenvalue weighted by molar-refractivity contribution is 5.54. The lowest BCUT2D eigenvalue weighted by atomic mass is 10.1. The number of benzene rings is 1. The fraction of sp³-hybridized carbons (Fsp3) is 0.222. The molecule has 1 nitrogen and oxygen atoms in total. The van der Waals surface area contributed by atoms with Crippen LogP contribution in [0.4, 0.5) is 18.9 Å². The van der Waals surface area contributed by atoms with E-state index >= 15 is 0 Å². The van der Waals surface area contributed by atoms with Gasteiger partial charge in [0.25, 0.3) is 0 Å². The van der Waals surface area contributed by atoms with Gasteiger partial charge in [-0.3, -0.25) is 0 Å². The fourth-order valence-corrected chi connectivity index (χ4v) is 0.974. The molecule has 0 aromatic heterocycles. The molecule has 0 atom stereocenters. The molecule has 68 valence electrons.